The van der Waals surface area contributed by atoms with Crippen LogP contribution in [-0.2, 0) is 9.59 Å². The summed E-state index contributed by atoms with van der Waals surface area (Å²) in [6, 6.07) is 3.56. The summed E-state index contributed by atoms with van der Waals surface area (Å²) < 4.78 is 9.85. The number of amides is 3. The van der Waals surface area contributed by atoms with E-state index in [0.29, 0.717) is 13.1 Å². The molecule has 1 heterocycles. The lowest BCUT2D eigenvalue weighted by Gasteiger charge is -2.16. The first-order valence-corrected chi connectivity index (χ1v) is 6.74. The number of carbonyl (C=O) groups excluding carboxylic acids is 4. The van der Waals surface area contributed by atoms with Crippen molar-refractivity contribution in [1.29, 1.82) is 0 Å². The largest absolute Gasteiger partial charge is 0.423 e. The third-order valence-electron chi connectivity index (χ3n) is 2.81. The van der Waals surface area contributed by atoms with Gasteiger partial charge in [-0.3, -0.25) is 19.8 Å². The van der Waals surface area contributed by atoms with Gasteiger partial charge in [0, 0.05) is 26.0 Å². The molecule has 0 unspecified atom stereocenters. The van der Waals surface area contributed by atoms with Gasteiger partial charge >= 0.3 is 18.0 Å². The molecule has 1 saturated heterocycles. The number of ether oxygens (including phenoxy) is 2. The van der Waals surface area contributed by atoms with E-state index in [1.807, 2.05) is 0 Å². The van der Waals surface area contributed by atoms with E-state index in [9.17, 15) is 19.2 Å². The molecule has 1 aromatic rings. The van der Waals surface area contributed by atoms with E-state index in [-0.39, 0.29) is 17.1 Å². The Bertz CT molecular complexity index is 672. The van der Waals surface area contributed by atoms with Crippen molar-refractivity contribution >= 4 is 23.9 Å². The molecular formula is C14H15N3O6. The Morgan fingerprint density at radius 2 is 1.78 bits per heavy atom. The SMILES string of the molecule is CC(=O)Oc1ccc(C(=O)NN2CCNC2=O)cc1OC(C)=O. The van der Waals surface area contributed by atoms with E-state index in [1.54, 1.807) is 0 Å². The van der Waals surface area contributed by atoms with Gasteiger partial charge in [0.1, 0.15) is 0 Å². The number of rotatable bonds is 4. The van der Waals surface area contributed by atoms with Gasteiger partial charge in [-0.2, -0.15) is 0 Å². The fraction of sp³-hybridized carbons (Fsp3) is 0.286. The molecule has 23 heavy (non-hydrogen) atoms. The Kier molecular flexibility index (Phi) is 4.79. The second-order valence-corrected chi connectivity index (χ2v) is 4.67. The monoisotopic (exact) mass is 321 g/mol. The van der Waals surface area contributed by atoms with E-state index < -0.39 is 23.9 Å². The molecule has 2 rings (SSSR count). The maximum atomic E-state index is 12.1. The smallest absolute Gasteiger partial charge is 0.336 e. The van der Waals surface area contributed by atoms with Crippen LogP contribution in [0.5, 0.6) is 11.5 Å². The summed E-state index contributed by atoms with van der Waals surface area (Å²) in [5, 5.41) is 3.67. The zero-order chi connectivity index (χ0) is 17.0. The van der Waals surface area contributed by atoms with E-state index in [4.69, 9.17) is 9.47 Å². The Balaban J connectivity index is 2.21. The maximum absolute atomic E-state index is 12.1. The molecule has 1 aromatic carbocycles. The van der Waals surface area contributed by atoms with Crippen molar-refractivity contribution in [3.63, 3.8) is 0 Å². The van der Waals surface area contributed by atoms with Crippen LogP contribution in [0.4, 0.5) is 4.79 Å². The summed E-state index contributed by atoms with van der Waals surface area (Å²) in [6.07, 6.45) is 0. The van der Waals surface area contributed by atoms with Crippen LogP contribution in [0.2, 0.25) is 0 Å². The van der Waals surface area contributed by atoms with Crippen LogP contribution in [0.15, 0.2) is 18.2 Å². The number of hydrogen-bond donors (Lipinski definition) is 2. The van der Waals surface area contributed by atoms with Crippen molar-refractivity contribution in [2.75, 3.05) is 13.1 Å². The summed E-state index contributed by atoms with van der Waals surface area (Å²) >= 11 is 0. The molecule has 0 aromatic heterocycles. The molecule has 9 nitrogen and oxygen atoms in total. The van der Waals surface area contributed by atoms with Gasteiger partial charge in [0.15, 0.2) is 11.5 Å². The molecule has 0 radical (unpaired) electrons. The standard InChI is InChI=1S/C14H15N3O6/c1-8(18)22-11-4-3-10(7-12(11)23-9(2)19)13(20)16-17-6-5-15-14(17)21/h3-4,7H,5-6H2,1-2H3,(H,15,21)(H,16,20). The Labute approximate surface area is 131 Å². The van der Waals surface area contributed by atoms with Gasteiger partial charge in [-0.25, -0.2) is 9.80 Å². The van der Waals surface area contributed by atoms with Crippen LogP contribution < -0.4 is 20.2 Å². The predicted octanol–water partition coefficient (Wildman–Crippen LogP) is 0.207. The number of urea groups is 1. The molecule has 0 spiro atoms. The van der Waals surface area contributed by atoms with Gasteiger partial charge in [0.25, 0.3) is 5.91 Å². The molecule has 0 aliphatic carbocycles. The topological polar surface area (TPSA) is 114 Å². The summed E-state index contributed by atoms with van der Waals surface area (Å²) in [4.78, 5) is 45.7. The minimum Gasteiger partial charge on any atom is -0.423 e. The molecule has 9 heteroatoms. The van der Waals surface area contributed by atoms with Crippen molar-refractivity contribution in [3.05, 3.63) is 23.8 Å². The number of esters is 2. The summed E-state index contributed by atoms with van der Waals surface area (Å²) in [6.45, 7) is 3.15. The highest BCUT2D eigenvalue weighted by Crippen LogP contribution is 2.29. The van der Waals surface area contributed by atoms with E-state index in [0.717, 1.165) is 5.01 Å². The molecule has 1 aliphatic heterocycles. The minimum atomic E-state index is -0.630. The Morgan fingerprint density at radius 3 is 2.35 bits per heavy atom. The van der Waals surface area contributed by atoms with Crippen molar-refractivity contribution in [1.82, 2.24) is 15.8 Å². The summed E-state index contributed by atoms with van der Waals surface area (Å²) in [5.74, 6) is -1.83. The predicted molar refractivity (Wildman–Crippen MR) is 76.6 cm³/mol. The van der Waals surface area contributed by atoms with Gasteiger partial charge in [-0.1, -0.05) is 0 Å². The zero-order valence-electron chi connectivity index (χ0n) is 12.5. The lowest BCUT2D eigenvalue weighted by atomic mass is 10.2. The Morgan fingerprint density at radius 1 is 1.13 bits per heavy atom. The van der Waals surface area contributed by atoms with Gasteiger partial charge in [-0.15, -0.1) is 0 Å². The van der Waals surface area contributed by atoms with Crippen molar-refractivity contribution < 1.29 is 28.7 Å². The molecule has 0 saturated carbocycles. The molecule has 1 aliphatic rings. The quantitative estimate of drug-likeness (QED) is 0.605. The lowest BCUT2D eigenvalue weighted by Crippen LogP contribution is -2.44. The van der Waals surface area contributed by atoms with Crippen LogP contribution >= 0.6 is 0 Å². The van der Waals surface area contributed by atoms with Crippen LogP contribution in [0.3, 0.4) is 0 Å². The summed E-state index contributed by atoms with van der Waals surface area (Å²) in [7, 11) is 0. The van der Waals surface area contributed by atoms with Crippen LogP contribution in [0.1, 0.15) is 24.2 Å². The molecule has 2 N–H and O–H groups in total. The van der Waals surface area contributed by atoms with Crippen molar-refractivity contribution in [3.8, 4) is 11.5 Å². The molecule has 0 atom stereocenters. The van der Waals surface area contributed by atoms with Gasteiger partial charge < -0.3 is 14.8 Å². The molecule has 1 fully saturated rings. The number of nitrogens with zero attached hydrogens (tertiary/aromatic N) is 1. The van der Waals surface area contributed by atoms with E-state index >= 15 is 0 Å². The average molecular weight is 321 g/mol. The van der Waals surface area contributed by atoms with Crippen molar-refractivity contribution in [2.24, 2.45) is 0 Å². The number of hydrazine groups is 1. The third-order valence-corrected chi connectivity index (χ3v) is 2.81. The molecule has 122 valence electrons. The number of nitrogens with one attached hydrogen (secondary N) is 2. The van der Waals surface area contributed by atoms with Gasteiger partial charge in [0.05, 0.1) is 6.54 Å². The second-order valence-electron chi connectivity index (χ2n) is 4.67. The minimum absolute atomic E-state index is 0.0168. The molecule has 0 bridgehead atoms. The highest BCUT2D eigenvalue weighted by molar-refractivity contribution is 5.96. The second kappa shape index (κ2) is 6.77. The fourth-order valence-electron chi connectivity index (χ4n) is 1.89. The van der Waals surface area contributed by atoms with Crippen molar-refractivity contribution in [2.45, 2.75) is 13.8 Å². The first kappa shape index (κ1) is 16.3. The summed E-state index contributed by atoms with van der Waals surface area (Å²) in [5.41, 5.74) is 2.56. The highest BCUT2D eigenvalue weighted by Gasteiger charge is 2.22. The molecule has 3 amide bonds. The van der Waals surface area contributed by atoms with Crippen LogP contribution in [-0.4, -0.2) is 42.0 Å². The number of carbonyl (C=O) groups is 4. The fourth-order valence-corrected chi connectivity index (χ4v) is 1.89. The van der Waals surface area contributed by atoms with E-state index in [2.05, 4.69) is 10.7 Å². The number of hydrogen-bond acceptors (Lipinski definition) is 6. The van der Waals surface area contributed by atoms with Crippen LogP contribution in [0, 0.1) is 0 Å². The lowest BCUT2D eigenvalue weighted by molar-refractivity contribution is -0.134. The Hall–Kier alpha value is -3.10. The van der Waals surface area contributed by atoms with Gasteiger partial charge in [0.2, 0.25) is 0 Å². The van der Waals surface area contributed by atoms with Crippen LogP contribution in [0.25, 0.3) is 0 Å². The highest BCUT2D eigenvalue weighted by atomic mass is 16.6. The first-order chi connectivity index (χ1) is 10.9. The molecular weight excluding hydrogens is 306 g/mol. The zero-order valence-corrected chi connectivity index (χ0v) is 12.5. The average Bonchev–Trinajstić information content (AvgIpc) is 2.85. The van der Waals surface area contributed by atoms with Gasteiger partial charge in [-0.05, 0) is 18.2 Å². The number of benzene rings is 1. The van der Waals surface area contributed by atoms with E-state index in [1.165, 1.54) is 32.0 Å². The maximum Gasteiger partial charge on any atom is 0.336 e. The normalized spacial score (nSPS) is 13.3. The third kappa shape index (κ3) is 4.19. The first-order valence-electron chi connectivity index (χ1n) is 6.74.